The number of hydrogen-bond acceptors (Lipinski definition) is 4. The lowest BCUT2D eigenvalue weighted by molar-refractivity contribution is 0.0726. The molecule has 0 aliphatic carbocycles. The zero-order chi connectivity index (χ0) is 18.0. The first kappa shape index (κ1) is 18.2. The van der Waals surface area contributed by atoms with Crippen molar-refractivity contribution >= 4 is 28.6 Å². The molecule has 0 fully saturated rings. The second kappa shape index (κ2) is 7.16. The molecule has 6 nitrogen and oxygen atoms in total. The van der Waals surface area contributed by atoms with Gasteiger partial charge in [-0.05, 0) is 34.7 Å². The van der Waals surface area contributed by atoms with Crippen molar-refractivity contribution in [3.05, 3.63) is 72.6 Å². The minimum absolute atomic E-state index is 0.156. The van der Waals surface area contributed by atoms with Crippen LogP contribution in [0.5, 0.6) is 5.75 Å². The topological polar surface area (TPSA) is 70.3 Å². The Bertz CT molecular complexity index is 927. The molecule has 1 atom stereocenters. The van der Waals surface area contributed by atoms with Gasteiger partial charge in [0.25, 0.3) is 5.56 Å². The molecule has 0 aliphatic heterocycles. The number of allylic oxidation sites excluding steroid dienone is 1. The van der Waals surface area contributed by atoms with Gasteiger partial charge in [-0.2, -0.15) is 0 Å². The Hall–Kier alpha value is -2.16. The van der Waals surface area contributed by atoms with Gasteiger partial charge in [0.15, 0.2) is 0 Å². The monoisotopic (exact) mass is 440 g/mol. The van der Waals surface area contributed by atoms with E-state index in [1.807, 2.05) is 22.6 Å². The summed E-state index contributed by atoms with van der Waals surface area (Å²) < 4.78 is 8.32. The minimum atomic E-state index is -0.652. The first-order valence-corrected chi connectivity index (χ1v) is 8.26. The summed E-state index contributed by atoms with van der Waals surface area (Å²) in [4.78, 5) is 37.1. The Balaban J connectivity index is 2.64. The highest BCUT2D eigenvalue weighted by atomic mass is 127. The van der Waals surface area contributed by atoms with Crippen molar-refractivity contribution in [3.63, 3.8) is 0 Å². The normalized spacial score (nSPS) is 11.8. The van der Waals surface area contributed by atoms with Crippen LogP contribution in [0.2, 0.25) is 0 Å². The molecular weight excluding hydrogens is 423 g/mol. The van der Waals surface area contributed by atoms with Gasteiger partial charge in [-0.1, -0.05) is 25.1 Å². The molecule has 126 valence electrons. The maximum atomic E-state index is 12.5. The first-order chi connectivity index (χ1) is 11.3. The van der Waals surface area contributed by atoms with Gasteiger partial charge in [0.2, 0.25) is 5.75 Å². The molecule has 1 aromatic carbocycles. The molecule has 0 aliphatic rings. The number of rotatable bonds is 4. The van der Waals surface area contributed by atoms with E-state index in [9.17, 15) is 14.4 Å². The van der Waals surface area contributed by atoms with Crippen molar-refractivity contribution < 1.29 is 9.53 Å². The number of nitrogens with zero attached hydrogens (tertiary/aromatic N) is 2. The number of halogens is 1. The Morgan fingerprint density at radius 1 is 1.25 bits per heavy atom. The van der Waals surface area contributed by atoms with Gasteiger partial charge in [-0.25, -0.2) is 9.59 Å². The number of carbonyl (C=O) groups excluding carboxylic acids is 1. The van der Waals surface area contributed by atoms with E-state index in [1.165, 1.54) is 18.7 Å². The second-order valence-electron chi connectivity index (χ2n) is 5.31. The van der Waals surface area contributed by atoms with Gasteiger partial charge >= 0.3 is 11.7 Å². The first-order valence-electron chi connectivity index (χ1n) is 7.18. The molecule has 0 amide bonds. The van der Waals surface area contributed by atoms with Crippen LogP contribution in [0.1, 0.15) is 28.9 Å². The molecule has 1 unspecified atom stereocenters. The average Bonchev–Trinajstić information content (AvgIpc) is 2.57. The summed E-state index contributed by atoms with van der Waals surface area (Å²) in [6, 6.07) is 6.90. The fraction of sp³-hybridized carbons (Fsp3) is 0.235. The van der Waals surface area contributed by atoms with E-state index in [4.69, 9.17) is 4.74 Å². The van der Waals surface area contributed by atoms with E-state index in [0.717, 1.165) is 4.57 Å². The fourth-order valence-corrected chi connectivity index (χ4v) is 2.93. The molecule has 24 heavy (non-hydrogen) atoms. The minimum Gasteiger partial charge on any atom is -0.415 e. The lowest BCUT2D eigenvalue weighted by atomic mass is 10.1. The molecule has 0 saturated heterocycles. The third-order valence-corrected chi connectivity index (χ3v) is 4.68. The Morgan fingerprint density at radius 2 is 1.88 bits per heavy atom. The van der Waals surface area contributed by atoms with E-state index in [1.54, 1.807) is 37.3 Å². The van der Waals surface area contributed by atoms with E-state index in [2.05, 4.69) is 6.58 Å². The van der Waals surface area contributed by atoms with Crippen molar-refractivity contribution in [1.82, 2.24) is 9.13 Å². The Labute approximate surface area is 152 Å². The highest BCUT2D eigenvalue weighted by Gasteiger charge is 2.23. The predicted octanol–water partition coefficient (Wildman–Crippen LogP) is 2.20. The molecular formula is C17H17IN2O4. The van der Waals surface area contributed by atoms with Crippen LogP contribution < -0.4 is 16.0 Å². The smallest absolute Gasteiger partial charge is 0.344 e. The molecule has 0 radical (unpaired) electrons. The lowest BCUT2D eigenvalue weighted by Crippen LogP contribution is -2.40. The summed E-state index contributed by atoms with van der Waals surface area (Å²) in [6.45, 7) is 5.46. The van der Waals surface area contributed by atoms with Gasteiger partial charge in [0, 0.05) is 23.6 Å². The quantitative estimate of drug-likeness (QED) is 0.416. The Kier molecular flexibility index (Phi) is 5.43. The summed E-state index contributed by atoms with van der Waals surface area (Å²) in [5.74, 6) is -1.14. The van der Waals surface area contributed by atoms with Crippen LogP contribution in [0, 0.1) is 3.57 Å². The van der Waals surface area contributed by atoms with Crippen LogP contribution in [-0.2, 0) is 14.1 Å². The van der Waals surface area contributed by atoms with Crippen molar-refractivity contribution in [2.45, 2.75) is 12.8 Å². The largest absolute Gasteiger partial charge is 0.415 e. The number of aromatic nitrogens is 2. The molecule has 7 heteroatoms. The van der Waals surface area contributed by atoms with Gasteiger partial charge < -0.3 is 4.74 Å². The maximum Gasteiger partial charge on any atom is 0.344 e. The number of ether oxygens (including phenoxy) is 1. The summed E-state index contributed by atoms with van der Waals surface area (Å²) in [5, 5.41) is 0. The molecule has 0 N–H and O–H groups in total. The van der Waals surface area contributed by atoms with E-state index in [0.29, 0.717) is 14.8 Å². The van der Waals surface area contributed by atoms with Crippen LogP contribution in [0.15, 0.2) is 46.5 Å². The molecule has 2 rings (SSSR count). The van der Waals surface area contributed by atoms with Gasteiger partial charge in [0.1, 0.15) is 0 Å². The zero-order valence-corrected chi connectivity index (χ0v) is 15.7. The van der Waals surface area contributed by atoms with Crippen molar-refractivity contribution in [1.29, 1.82) is 0 Å². The summed E-state index contributed by atoms with van der Waals surface area (Å²) in [5.41, 5.74) is -0.470. The van der Waals surface area contributed by atoms with Crippen molar-refractivity contribution in [2.24, 2.45) is 14.1 Å². The predicted molar refractivity (Wildman–Crippen MR) is 99.7 cm³/mol. The van der Waals surface area contributed by atoms with Crippen molar-refractivity contribution in [3.8, 4) is 5.75 Å². The number of esters is 1. The number of hydrogen-bond donors (Lipinski definition) is 0. The summed E-state index contributed by atoms with van der Waals surface area (Å²) in [6.07, 6.45) is 1.58. The molecule has 0 spiro atoms. The third-order valence-electron chi connectivity index (χ3n) is 3.74. The lowest BCUT2D eigenvalue weighted by Gasteiger charge is -2.17. The standard InChI is InChI=1S/C17H17IN2O4/c1-5-10(2)13-14(15(21)20(4)17(23)19(13)3)24-16(22)11-8-6-7-9-12(11)18/h5-10H,1H2,2-4H3. The second-order valence-corrected chi connectivity index (χ2v) is 6.48. The fourth-order valence-electron chi connectivity index (χ4n) is 2.32. The van der Waals surface area contributed by atoms with Crippen LogP contribution in [0.25, 0.3) is 0 Å². The highest BCUT2D eigenvalue weighted by Crippen LogP contribution is 2.24. The SMILES string of the molecule is C=CC(C)c1c(OC(=O)c2ccccc2I)c(=O)n(C)c(=O)n1C. The third kappa shape index (κ3) is 3.21. The van der Waals surface area contributed by atoms with Crippen LogP contribution >= 0.6 is 22.6 Å². The van der Waals surface area contributed by atoms with E-state index < -0.39 is 17.2 Å². The van der Waals surface area contributed by atoms with Crippen LogP contribution in [0.4, 0.5) is 0 Å². The summed E-state index contributed by atoms with van der Waals surface area (Å²) >= 11 is 2.02. The van der Waals surface area contributed by atoms with Crippen molar-refractivity contribution in [2.75, 3.05) is 0 Å². The molecule has 2 aromatic rings. The van der Waals surface area contributed by atoms with E-state index in [-0.39, 0.29) is 11.7 Å². The van der Waals surface area contributed by atoms with Gasteiger partial charge in [-0.3, -0.25) is 13.9 Å². The van der Waals surface area contributed by atoms with Crippen LogP contribution in [-0.4, -0.2) is 15.1 Å². The highest BCUT2D eigenvalue weighted by molar-refractivity contribution is 14.1. The Morgan fingerprint density at radius 3 is 2.46 bits per heavy atom. The molecule has 0 saturated carbocycles. The zero-order valence-electron chi connectivity index (χ0n) is 13.6. The van der Waals surface area contributed by atoms with E-state index >= 15 is 0 Å². The van der Waals surface area contributed by atoms with Gasteiger partial charge in [0.05, 0.1) is 11.3 Å². The molecule has 0 bridgehead atoms. The van der Waals surface area contributed by atoms with Crippen LogP contribution in [0.3, 0.4) is 0 Å². The molecule has 1 aromatic heterocycles. The maximum absolute atomic E-state index is 12.5. The van der Waals surface area contributed by atoms with Gasteiger partial charge in [-0.15, -0.1) is 6.58 Å². The molecule has 1 heterocycles. The number of carbonyl (C=O) groups is 1. The summed E-state index contributed by atoms with van der Waals surface area (Å²) in [7, 11) is 2.87. The average molecular weight is 440 g/mol. The number of benzene rings is 1.